The summed E-state index contributed by atoms with van der Waals surface area (Å²) in [6, 6.07) is 0. The number of aliphatic hydroxyl groups is 2. The molecule has 2 heterocycles. The zero-order chi connectivity index (χ0) is 18.7. The number of hydrogen-bond donors (Lipinski definition) is 3. The molecule has 10 heteroatoms. The van der Waals surface area contributed by atoms with Crippen LogP contribution in [0.4, 0.5) is 15.0 Å². The summed E-state index contributed by atoms with van der Waals surface area (Å²) in [6.07, 6.45) is -3.72. The summed E-state index contributed by atoms with van der Waals surface area (Å²) in [5.41, 5.74) is -0.955. The molecular formula is C15H22FN3O6. The zero-order valence-corrected chi connectivity index (χ0v) is 14.2. The van der Waals surface area contributed by atoms with Gasteiger partial charge in [-0.1, -0.05) is 13.3 Å². The maximum absolute atomic E-state index is 14.2. The van der Waals surface area contributed by atoms with E-state index < -0.39 is 48.0 Å². The minimum atomic E-state index is -1.41. The van der Waals surface area contributed by atoms with Crippen molar-refractivity contribution in [1.29, 1.82) is 0 Å². The molecule has 0 bridgehead atoms. The van der Waals surface area contributed by atoms with Gasteiger partial charge in [0.05, 0.1) is 12.3 Å². The highest BCUT2D eigenvalue weighted by Gasteiger charge is 2.42. The fraction of sp³-hybridized carbons (Fsp3) is 0.667. The minimum Gasteiger partial charge on any atom is -0.446 e. The molecule has 1 amide bonds. The molecule has 5 atom stereocenters. The van der Waals surface area contributed by atoms with Crippen molar-refractivity contribution in [2.24, 2.45) is 0 Å². The third kappa shape index (κ3) is 4.33. The number of aliphatic hydroxyl groups excluding tert-OH is 2. The number of ether oxygens (including phenoxy) is 2. The molecule has 1 aromatic heterocycles. The maximum Gasteiger partial charge on any atom is 0.413 e. The molecule has 5 unspecified atom stereocenters. The Morgan fingerprint density at radius 2 is 2.20 bits per heavy atom. The monoisotopic (exact) mass is 359 g/mol. The Balaban J connectivity index is 2.15. The Morgan fingerprint density at radius 1 is 1.52 bits per heavy atom. The third-order valence-electron chi connectivity index (χ3n) is 3.88. The second kappa shape index (κ2) is 7.89. The van der Waals surface area contributed by atoms with E-state index in [1.807, 2.05) is 6.92 Å². The van der Waals surface area contributed by atoms with Crippen molar-refractivity contribution < 1.29 is 28.9 Å². The van der Waals surface area contributed by atoms with Crippen molar-refractivity contribution in [1.82, 2.24) is 9.55 Å². The maximum atomic E-state index is 14.2. The van der Waals surface area contributed by atoms with Crippen LogP contribution >= 0.6 is 0 Å². The van der Waals surface area contributed by atoms with Crippen LogP contribution < -0.4 is 11.0 Å². The van der Waals surface area contributed by atoms with E-state index in [0.29, 0.717) is 6.42 Å². The van der Waals surface area contributed by atoms with Crippen molar-refractivity contribution in [2.45, 2.75) is 64.3 Å². The van der Waals surface area contributed by atoms with Gasteiger partial charge in [-0.15, -0.1) is 0 Å². The molecule has 2 rings (SSSR count). The summed E-state index contributed by atoms with van der Waals surface area (Å²) in [4.78, 5) is 27.2. The highest BCUT2D eigenvalue weighted by Crippen LogP contribution is 2.28. The van der Waals surface area contributed by atoms with Gasteiger partial charge in [0.15, 0.2) is 17.9 Å². The number of rotatable bonds is 5. The molecule has 0 aromatic carbocycles. The molecule has 1 aliphatic heterocycles. The first kappa shape index (κ1) is 19.3. The van der Waals surface area contributed by atoms with E-state index in [4.69, 9.17) is 9.47 Å². The summed E-state index contributed by atoms with van der Waals surface area (Å²) in [5, 5.41) is 21.6. The van der Waals surface area contributed by atoms with Crippen molar-refractivity contribution >= 4 is 11.9 Å². The second-order valence-electron chi connectivity index (χ2n) is 5.97. The lowest BCUT2D eigenvalue weighted by Gasteiger charge is -2.18. The Labute approximate surface area is 143 Å². The van der Waals surface area contributed by atoms with Gasteiger partial charge in [0.25, 0.3) is 0 Å². The number of halogens is 1. The number of amides is 1. The van der Waals surface area contributed by atoms with E-state index in [0.717, 1.165) is 17.2 Å². The van der Waals surface area contributed by atoms with Gasteiger partial charge in [-0.3, -0.25) is 9.88 Å². The summed E-state index contributed by atoms with van der Waals surface area (Å²) < 4.78 is 25.1. The Morgan fingerprint density at radius 3 is 2.76 bits per heavy atom. The average Bonchev–Trinajstić information content (AvgIpc) is 2.78. The van der Waals surface area contributed by atoms with Gasteiger partial charge in [0, 0.05) is 0 Å². The smallest absolute Gasteiger partial charge is 0.413 e. The van der Waals surface area contributed by atoms with Gasteiger partial charge < -0.3 is 19.7 Å². The van der Waals surface area contributed by atoms with Gasteiger partial charge in [0.1, 0.15) is 18.3 Å². The van der Waals surface area contributed by atoms with Crippen LogP contribution in [0.2, 0.25) is 0 Å². The van der Waals surface area contributed by atoms with Gasteiger partial charge in [-0.2, -0.15) is 4.98 Å². The lowest BCUT2D eigenvalue weighted by Crippen LogP contribution is -2.36. The molecule has 1 aliphatic rings. The number of anilines is 1. The van der Waals surface area contributed by atoms with Crippen LogP contribution in [0.25, 0.3) is 0 Å². The fourth-order valence-electron chi connectivity index (χ4n) is 2.55. The molecule has 0 radical (unpaired) electrons. The molecule has 1 fully saturated rings. The lowest BCUT2D eigenvalue weighted by molar-refractivity contribution is -0.0355. The third-order valence-corrected chi connectivity index (χ3v) is 3.88. The van der Waals surface area contributed by atoms with E-state index in [1.54, 1.807) is 6.92 Å². The van der Waals surface area contributed by atoms with E-state index in [9.17, 15) is 24.2 Å². The summed E-state index contributed by atoms with van der Waals surface area (Å²) in [6.45, 7) is 5.12. The SMILES string of the molecule is CCCC(C)OC(=O)Nc1nc(=O)n(C2OC(C)C(O)C2O)cc1F. The summed E-state index contributed by atoms with van der Waals surface area (Å²) >= 11 is 0. The van der Waals surface area contributed by atoms with E-state index in [1.165, 1.54) is 6.92 Å². The van der Waals surface area contributed by atoms with E-state index in [2.05, 4.69) is 10.3 Å². The minimum absolute atomic E-state index is 0.363. The van der Waals surface area contributed by atoms with Gasteiger partial charge >= 0.3 is 11.8 Å². The van der Waals surface area contributed by atoms with Crippen molar-refractivity contribution in [2.75, 3.05) is 5.32 Å². The van der Waals surface area contributed by atoms with Crippen LogP contribution in [-0.4, -0.2) is 50.3 Å². The molecule has 25 heavy (non-hydrogen) atoms. The Bertz CT molecular complexity index is 682. The topological polar surface area (TPSA) is 123 Å². The van der Waals surface area contributed by atoms with Crippen molar-refractivity contribution in [3.63, 3.8) is 0 Å². The van der Waals surface area contributed by atoms with Crippen LogP contribution in [0.5, 0.6) is 0 Å². The highest BCUT2D eigenvalue weighted by molar-refractivity contribution is 5.83. The van der Waals surface area contributed by atoms with Crippen LogP contribution in [-0.2, 0) is 9.47 Å². The largest absolute Gasteiger partial charge is 0.446 e. The number of aromatic nitrogens is 2. The average molecular weight is 359 g/mol. The van der Waals surface area contributed by atoms with Crippen molar-refractivity contribution in [3.05, 3.63) is 22.5 Å². The van der Waals surface area contributed by atoms with Gasteiger partial charge in [0.2, 0.25) is 0 Å². The van der Waals surface area contributed by atoms with Crippen LogP contribution in [0.1, 0.15) is 39.8 Å². The second-order valence-corrected chi connectivity index (χ2v) is 5.97. The predicted molar refractivity (Wildman–Crippen MR) is 84.5 cm³/mol. The number of nitrogens with one attached hydrogen (secondary N) is 1. The first-order valence-electron chi connectivity index (χ1n) is 8.02. The van der Waals surface area contributed by atoms with Crippen molar-refractivity contribution in [3.8, 4) is 0 Å². The number of nitrogens with zero attached hydrogens (tertiary/aromatic N) is 2. The molecule has 1 aromatic rings. The van der Waals surface area contributed by atoms with E-state index >= 15 is 0 Å². The first-order chi connectivity index (χ1) is 11.7. The molecule has 0 aliphatic carbocycles. The standard InChI is InChI=1S/C15H22FN3O6/c1-4-5-7(2)24-15(23)18-12-9(16)6-19(14(22)17-12)13-11(21)10(20)8(3)25-13/h6-8,10-11,13,20-21H,4-5H2,1-3H3,(H,17,18,22,23). The number of carbonyl (C=O) groups is 1. The van der Waals surface area contributed by atoms with Gasteiger partial charge in [-0.25, -0.2) is 14.0 Å². The number of carbonyl (C=O) groups excluding carboxylic acids is 1. The quantitative estimate of drug-likeness (QED) is 0.709. The Hall–Kier alpha value is -2.04. The summed E-state index contributed by atoms with van der Waals surface area (Å²) in [5.74, 6) is -1.60. The van der Waals surface area contributed by atoms with Crippen LogP contribution in [0, 0.1) is 5.82 Å². The lowest BCUT2D eigenvalue weighted by atomic mass is 10.1. The molecule has 0 saturated carbocycles. The Kier molecular flexibility index (Phi) is 6.09. The zero-order valence-electron chi connectivity index (χ0n) is 14.2. The first-order valence-corrected chi connectivity index (χ1v) is 8.02. The van der Waals surface area contributed by atoms with Crippen LogP contribution in [0.15, 0.2) is 11.0 Å². The summed E-state index contributed by atoms with van der Waals surface area (Å²) in [7, 11) is 0. The molecule has 140 valence electrons. The van der Waals surface area contributed by atoms with Crippen LogP contribution in [0.3, 0.4) is 0 Å². The highest BCUT2D eigenvalue weighted by atomic mass is 19.1. The fourth-order valence-corrected chi connectivity index (χ4v) is 2.55. The molecular weight excluding hydrogens is 337 g/mol. The van der Waals surface area contributed by atoms with Gasteiger partial charge in [-0.05, 0) is 20.3 Å². The molecule has 0 spiro atoms. The normalized spacial score (nSPS) is 27.1. The molecule has 9 nitrogen and oxygen atoms in total. The number of hydrogen-bond acceptors (Lipinski definition) is 7. The predicted octanol–water partition coefficient (Wildman–Crippen LogP) is 0.759. The molecule has 3 N–H and O–H groups in total. The molecule has 1 saturated heterocycles. The van der Waals surface area contributed by atoms with E-state index in [-0.39, 0.29) is 6.10 Å².